The number of amides is 1. The fraction of sp³-hybridized carbons (Fsp3) is 0.500. The van der Waals surface area contributed by atoms with Crippen molar-refractivity contribution in [3.63, 3.8) is 0 Å². The average Bonchev–Trinajstić information content (AvgIpc) is 2.36. The van der Waals surface area contributed by atoms with Crippen molar-refractivity contribution >= 4 is 17.5 Å². The molecule has 0 bridgehead atoms. The molecule has 1 aliphatic heterocycles. The minimum Gasteiger partial charge on any atom is -0.482 e. The second-order valence-electron chi connectivity index (χ2n) is 4.99. The molecule has 0 unspecified atom stereocenters. The molecule has 5 heteroatoms. The summed E-state index contributed by atoms with van der Waals surface area (Å²) in [6, 6.07) is 7.80. The van der Waals surface area contributed by atoms with E-state index in [1.54, 1.807) is 12.1 Å². The van der Waals surface area contributed by atoms with Crippen LogP contribution in [0.4, 0.5) is 0 Å². The number of hydrogen-bond donors (Lipinski definition) is 1. The van der Waals surface area contributed by atoms with E-state index in [9.17, 15) is 4.79 Å². The molecule has 1 aromatic carbocycles. The van der Waals surface area contributed by atoms with Crippen LogP contribution >= 0.6 is 11.6 Å². The summed E-state index contributed by atoms with van der Waals surface area (Å²) in [5.74, 6) is 0.550. The molecule has 1 fully saturated rings. The summed E-state index contributed by atoms with van der Waals surface area (Å²) in [6.07, 6.45) is 0. The Bertz CT molecular complexity index is 443. The van der Waals surface area contributed by atoms with E-state index < -0.39 is 0 Å². The average molecular weight is 283 g/mol. The van der Waals surface area contributed by atoms with E-state index in [4.69, 9.17) is 16.3 Å². The molecule has 0 saturated carbocycles. The third-order valence-electron chi connectivity index (χ3n) is 3.10. The van der Waals surface area contributed by atoms with E-state index in [0.717, 1.165) is 13.1 Å². The largest absolute Gasteiger partial charge is 0.482 e. The van der Waals surface area contributed by atoms with Crippen LogP contribution < -0.4 is 10.1 Å². The van der Waals surface area contributed by atoms with Crippen LogP contribution in [0.25, 0.3) is 0 Å². The molecule has 0 radical (unpaired) electrons. The lowest BCUT2D eigenvalue weighted by Gasteiger charge is -2.36. The molecule has 0 aromatic heterocycles. The van der Waals surface area contributed by atoms with Crippen LogP contribution in [0.15, 0.2) is 24.3 Å². The van der Waals surface area contributed by atoms with Crippen molar-refractivity contribution in [3.05, 3.63) is 29.3 Å². The number of benzene rings is 1. The zero-order chi connectivity index (χ0) is 13.8. The highest BCUT2D eigenvalue weighted by Crippen LogP contribution is 2.23. The van der Waals surface area contributed by atoms with Gasteiger partial charge in [0, 0.05) is 25.2 Å². The summed E-state index contributed by atoms with van der Waals surface area (Å²) in [5.41, 5.74) is 0. The number of para-hydroxylation sites is 1. The van der Waals surface area contributed by atoms with Gasteiger partial charge in [-0.05, 0) is 26.0 Å². The molecule has 0 aliphatic carbocycles. The Morgan fingerprint density at radius 1 is 1.37 bits per heavy atom. The molecule has 1 saturated heterocycles. The molecule has 1 aliphatic rings. The molecule has 2 atom stereocenters. The minimum atomic E-state index is 0.000111. The highest BCUT2D eigenvalue weighted by molar-refractivity contribution is 6.32. The van der Waals surface area contributed by atoms with Crippen molar-refractivity contribution in [1.82, 2.24) is 10.2 Å². The number of halogens is 1. The lowest BCUT2D eigenvalue weighted by atomic mass is 10.1. The molecule has 1 amide bonds. The molecule has 1 aromatic rings. The Morgan fingerprint density at radius 2 is 2.00 bits per heavy atom. The summed E-state index contributed by atoms with van der Waals surface area (Å²) in [6.45, 7) is 5.61. The highest BCUT2D eigenvalue weighted by atomic mass is 35.5. The maximum absolute atomic E-state index is 12.1. The SMILES string of the molecule is C[C@@H]1CN(C(=O)COc2ccccc2Cl)C[C@H](C)N1. The fourth-order valence-electron chi connectivity index (χ4n) is 2.32. The lowest BCUT2D eigenvalue weighted by Crippen LogP contribution is -2.56. The number of hydrogen-bond acceptors (Lipinski definition) is 3. The number of piperazine rings is 1. The van der Waals surface area contributed by atoms with Gasteiger partial charge in [-0.3, -0.25) is 4.79 Å². The van der Waals surface area contributed by atoms with E-state index in [1.165, 1.54) is 0 Å². The molecule has 0 spiro atoms. The minimum absolute atomic E-state index is 0.000111. The second-order valence-corrected chi connectivity index (χ2v) is 5.39. The van der Waals surface area contributed by atoms with Crippen molar-refractivity contribution in [2.45, 2.75) is 25.9 Å². The van der Waals surface area contributed by atoms with Crippen LogP contribution in [-0.2, 0) is 4.79 Å². The quantitative estimate of drug-likeness (QED) is 0.921. The van der Waals surface area contributed by atoms with Gasteiger partial charge < -0.3 is 15.0 Å². The van der Waals surface area contributed by atoms with Gasteiger partial charge in [0.25, 0.3) is 5.91 Å². The van der Waals surface area contributed by atoms with Crippen molar-refractivity contribution in [2.24, 2.45) is 0 Å². The van der Waals surface area contributed by atoms with Crippen LogP contribution in [0.5, 0.6) is 5.75 Å². The van der Waals surface area contributed by atoms with Gasteiger partial charge in [-0.25, -0.2) is 0 Å². The Hall–Kier alpha value is -1.26. The molecule has 2 rings (SSSR count). The first-order chi connectivity index (χ1) is 9.06. The Morgan fingerprint density at radius 3 is 2.63 bits per heavy atom. The standard InChI is InChI=1S/C14H19ClN2O2/c1-10-7-17(8-11(2)16-10)14(18)9-19-13-6-4-3-5-12(13)15/h3-6,10-11,16H,7-9H2,1-2H3/t10-,11+. The van der Waals surface area contributed by atoms with E-state index in [-0.39, 0.29) is 12.5 Å². The summed E-state index contributed by atoms with van der Waals surface area (Å²) < 4.78 is 5.48. The fourth-order valence-corrected chi connectivity index (χ4v) is 2.51. The number of ether oxygens (including phenoxy) is 1. The van der Waals surface area contributed by atoms with Gasteiger partial charge in [-0.1, -0.05) is 23.7 Å². The van der Waals surface area contributed by atoms with Crippen LogP contribution in [0.2, 0.25) is 5.02 Å². The summed E-state index contributed by atoms with van der Waals surface area (Å²) >= 11 is 5.98. The molecular formula is C14H19ClN2O2. The molecule has 19 heavy (non-hydrogen) atoms. The predicted molar refractivity (Wildman–Crippen MR) is 75.6 cm³/mol. The first kappa shape index (κ1) is 14.2. The van der Waals surface area contributed by atoms with E-state index in [0.29, 0.717) is 22.9 Å². The molecule has 104 valence electrons. The van der Waals surface area contributed by atoms with Crippen LogP contribution in [0.3, 0.4) is 0 Å². The van der Waals surface area contributed by atoms with Crippen LogP contribution in [-0.4, -0.2) is 42.6 Å². The maximum Gasteiger partial charge on any atom is 0.260 e. The van der Waals surface area contributed by atoms with E-state index >= 15 is 0 Å². The first-order valence-corrected chi connectivity index (χ1v) is 6.85. The number of nitrogens with one attached hydrogen (secondary N) is 1. The molecular weight excluding hydrogens is 264 g/mol. The number of nitrogens with zero attached hydrogens (tertiary/aromatic N) is 1. The Labute approximate surface area is 118 Å². The van der Waals surface area contributed by atoms with Gasteiger partial charge >= 0.3 is 0 Å². The van der Waals surface area contributed by atoms with Crippen molar-refractivity contribution in [2.75, 3.05) is 19.7 Å². The number of rotatable bonds is 3. The third kappa shape index (κ3) is 3.85. The van der Waals surface area contributed by atoms with Gasteiger partial charge in [-0.15, -0.1) is 0 Å². The predicted octanol–water partition coefficient (Wildman–Crippen LogP) is 1.93. The zero-order valence-corrected chi connectivity index (χ0v) is 12.0. The van der Waals surface area contributed by atoms with Crippen LogP contribution in [0.1, 0.15) is 13.8 Å². The van der Waals surface area contributed by atoms with Crippen molar-refractivity contribution in [1.29, 1.82) is 0 Å². The molecule has 4 nitrogen and oxygen atoms in total. The van der Waals surface area contributed by atoms with Gasteiger partial charge in [0.05, 0.1) is 5.02 Å². The van der Waals surface area contributed by atoms with Crippen molar-refractivity contribution in [3.8, 4) is 5.75 Å². The molecule has 1 heterocycles. The van der Waals surface area contributed by atoms with E-state index in [1.807, 2.05) is 17.0 Å². The second kappa shape index (κ2) is 6.26. The van der Waals surface area contributed by atoms with Gasteiger partial charge in [-0.2, -0.15) is 0 Å². The molecule has 1 N–H and O–H groups in total. The number of carbonyl (C=O) groups excluding carboxylic acids is 1. The first-order valence-electron chi connectivity index (χ1n) is 6.47. The number of carbonyl (C=O) groups is 1. The van der Waals surface area contributed by atoms with Gasteiger partial charge in [0.15, 0.2) is 6.61 Å². The van der Waals surface area contributed by atoms with Gasteiger partial charge in [0.2, 0.25) is 0 Å². The van der Waals surface area contributed by atoms with Crippen molar-refractivity contribution < 1.29 is 9.53 Å². The van der Waals surface area contributed by atoms with Gasteiger partial charge in [0.1, 0.15) is 5.75 Å². The Balaban J connectivity index is 1.89. The lowest BCUT2D eigenvalue weighted by molar-refractivity contribution is -0.135. The zero-order valence-electron chi connectivity index (χ0n) is 11.2. The van der Waals surface area contributed by atoms with Crippen LogP contribution in [0, 0.1) is 0 Å². The topological polar surface area (TPSA) is 41.6 Å². The highest BCUT2D eigenvalue weighted by Gasteiger charge is 2.24. The third-order valence-corrected chi connectivity index (χ3v) is 3.41. The Kier molecular flexibility index (Phi) is 4.66. The summed E-state index contributed by atoms with van der Waals surface area (Å²) in [4.78, 5) is 13.9. The smallest absolute Gasteiger partial charge is 0.260 e. The maximum atomic E-state index is 12.1. The monoisotopic (exact) mass is 282 g/mol. The summed E-state index contributed by atoms with van der Waals surface area (Å²) in [7, 11) is 0. The summed E-state index contributed by atoms with van der Waals surface area (Å²) in [5, 5.41) is 3.92. The van der Waals surface area contributed by atoms with E-state index in [2.05, 4.69) is 19.2 Å². The normalized spacial score (nSPS) is 23.2.